The molecule has 0 aliphatic rings. The highest BCUT2D eigenvalue weighted by Crippen LogP contribution is 2.23. The van der Waals surface area contributed by atoms with E-state index in [1.165, 1.54) is 31.6 Å². The van der Waals surface area contributed by atoms with E-state index in [0.29, 0.717) is 23.1 Å². The number of anilines is 2. The van der Waals surface area contributed by atoms with E-state index in [4.69, 9.17) is 4.74 Å². The van der Waals surface area contributed by atoms with Crippen LogP contribution in [-0.4, -0.2) is 30.5 Å². The maximum atomic E-state index is 11.7. The van der Waals surface area contributed by atoms with E-state index < -0.39 is 10.0 Å². The first kappa shape index (κ1) is 17.6. The van der Waals surface area contributed by atoms with Crippen molar-refractivity contribution in [2.75, 3.05) is 12.4 Å². The molecular formula is C17H16N4O4S. The maximum Gasteiger partial charge on any atom is 0.240 e. The first-order valence-electron chi connectivity index (χ1n) is 7.56. The summed E-state index contributed by atoms with van der Waals surface area (Å²) in [4.78, 5) is 8.42. The summed E-state index contributed by atoms with van der Waals surface area (Å²) in [7, 11) is -2.13. The Morgan fingerprint density at radius 1 is 1.00 bits per heavy atom. The molecule has 0 atom stereocenters. The van der Waals surface area contributed by atoms with Gasteiger partial charge in [-0.15, -0.1) is 0 Å². The van der Waals surface area contributed by atoms with Crippen LogP contribution in [0.1, 0.15) is 0 Å². The summed E-state index contributed by atoms with van der Waals surface area (Å²) in [5, 5.41) is 12.4. The van der Waals surface area contributed by atoms with Crippen LogP contribution in [-0.2, 0) is 10.0 Å². The lowest BCUT2D eigenvalue weighted by Gasteiger charge is -2.08. The molecule has 9 heteroatoms. The number of nitrogens with one attached hydrogen (secondary N) is 2. The van der Waals surface area contributed by atoms with Gasteiger partial charge in [-0.1, -0.05) is 6.07 Å². The molecule has 2 aromatic carbocycles. The number of phenolic OH excluding ortho intramolecular Hbond substituents is 1. The highest BCUT2D eigenvalue weighted by atomic mass is 32.2. The second-order valence-electron chi connectivity index (χ2n) is 5.20. The van der Waals surface area contributed by atoms with Gasteiger partial charge in [-0.3, -0.25) is 0 Å². The number of benzene rings is 2. The average molecular weight is 372 g/mol. The van der Waals surface area contributed by atoms with Crippen molar-refractivity contribution < 1.29 is 18.3 Å². The Hall–Kier alpha value is -3.17. The zero-order valence-electron chi connectivity index (χ0n) is 13.7. The number of rotatable bonds is 6. The Bertz CT molecular complexity index is 990. The second kappa shape index (κ2) is 7.38. The highest BCUT2D eigenvalue weighted by molar-refractivity contribution is 7.89. The summed E-state index contributed by atoms with van der Waals surface area (Å²) >= 11 is 0. The summed E-state index contributed by atoms with van der Waals surface area (Å²) in [5.41, 5.74) is 0.653. The van der Waals surface area contributed by atoms with Crippen LogP contribution in [0.3, 0.4) is 0 Å². The van der Waals surface area contributed by atoms with Crippen molar-refractivity contribution in [2.24, 2.45) is 0 Å². The lowest BCUT2D eigenvalue weighted by molar-refractivity contribution is 0.475. The van der Waals surface area contributed by atoms with Gasteiger partial charge in [0.2, 0.25) is 16.0 Å². The van der Waals surface area contributed by atoms with E-state index >= 15 is 0 Å². The molecule has 0 spiro atoms. The summed E-state index contributed by atoms with van der Waals surface area (Å²) in [6.07, 6.45) is 2.97. The van der Waals surface area contributed by atoms with E-state index in [1.807, 2.05) is 0 Å². The number of phenols is 1. The van der Waals surface area contributed by atoms with Crippen molar-refractivity contribution >= 4 is 21.7 Å². The quantitative estimate of drug-likeness (QED) is 0.609. The molecule has 134 valence electrons. The molecule has 1 aromatic heterocycles. The molecular weight excluding hydrogens is 356 g/mol. The molecule has 0 aliphatic heterocycles. The molecule has 3 rings (SSSR count). The summed E-state index contributed by atoms with van der Waals surface area (Å²) < 4.78 is 31.2. The van der Waals surface area contributed by atoms with E-state index in [2.05, 4.69) is 20.0 Å². The summed E-state index contributed by atoms with van der Waals surface area (Å²) in [6, 6.07) is 12.6. The van der Waals surface area contributed by atoms with Gasteiger partial charge in [0.25, 0.3) is 0 Å². The molecule has 8 nitrogen and oxygen atoms in total. The largest absolute Gasteiger partial charge is 0.508 e. The number of aromatic hydroxyl groups is 1. The van der Waals surface area contributed by atoms with Crippen molar-refractivity contribution in [1.82, 2.24) is 14.7 Å². The van der Waals surface area contributed by atoms with Gasteiger partial charge in [-0.25, -0.2) is 23.1 Å². The van der Waals surface area contributed by atoms with Crippen LogP contribution >= 0.6 is 0 Å². The number of hydrogen-bond acceptors (Lipinski definition) is 7. The number of hydrogen-bond donors (Lipinski definition) is 3. The van der Waals surface area contributed by atoms with Crippen LogP contribution in [0.4, 0.5) is 11.6 Å². The van der Waals surface area contributed by atoms with Crippen LogP contribution < -0.4 is 14.8 Å². The van der Waals surface area contributed by atoms with E-state index in [-0.39, 0.29) is 10.6 Å². The third-order valence-electron chi connectivity index (χ3n) is 3.37. The van der Waals surface area contributed by atoms with Crippen LogP contribution in [0.15, 0.2) is 65.8 Å². The number of sulfonamides is 1. The minimum absolute atomic E-state index is 0.138. The Morgan fingerprint density at radius 3 is 2.31 bits per heavy atom. The molecule has 0 fully saturated rings. The topological polar surface area (TPSA) is 113 Å². The SMILES string of the molecule is CNS(=O)(=O)c1ccc(Oc2cnc(Nc3cccc(O)c3)nc2)cc1. The Balaban J connectivity index is 1.67. The highest BCUT2D eigenvalue weighted by Gasteiger charge is 2.11. The van der Waals surface area contributed by atoms with Gasteiger partial charge in [0.1, 0.15) is 11.5 Å². The zero-order valence-corrected chi connectivity index (χ0v) is 14.6. The fourth-order valence-corrected chi connectivity index (χ4v) is 2.82. The lowest BCUT2D eigenvalue weighted by Crippen LogP contribution is -2.18. The molecule has 0 bridgehead atoms. The second-order valence-corrected chi connectivity index (χ2v) is 7.09. The van der Waals surface area contributed by atoms with Crippen LogP contribution in [0.5, 0.6) is 17.2 Å². The van der Waals surface area contributed by atoms with E-state index in [9.17, 15) is 13.5 Å². The van der Waals surface area contributed by atoms with Crippen LogP contribution in [0.2, 0.25) is 0 Å². The van der Waals surface area contributed by atoms with E-state index in [1.54, 1.807) is 36.4 Å². The molecule has 3 aromatic rings. The predicted molar refractivity (Wildman–Crippen MR) is 96.2 cm³/mol. The Morgan fingerprint density at radius 2 is 1.69 bits per heavy atom. The van der Waals surface area contributed by atoms with Crippen LogP contribution in [0, 0.1) is 0 Å². The molecule has 0 amide bonds. The van der Waals surface area contributed by atoms with Crippen molar-refractivity contribution in [1.29, 1.82) is 0 Å². The van der Waals surface area contributed by atoms with Gasteiger partial charge in [0.15, 0.2) is 5.75 Å². The predicted octanol–water partition coefficient (Wildman–Crippen LogP) is 2.63. The maximum absolute atomic E-state index is 11.7. The average Bonchev–Trinajstić information content (AvgIpc) is 2.64. The van der Waals surface area contributed by atoms with Crippen molar-refractivity contribution in [3.63, 3.8) is 0 Å². The first-order chi connectivity index (χ1) is 12.5. The molecule has 0 saturated carbocycles. The van der Waals surface area contributed by atoms with E-state index in [0.717, 1.165) is 0 Å². The number of ether oxygens (including phenoxy) is 1. The van der Waals surface area contributed by atoms with Crippen molar-refractivity contribution in [3.8, 4) is 17.2 Å². The third-order valence-corrected chi connectivity index (χ3v) is 4.80. The number of nitrogens with zero attached hydrogens (tertiary/aromatic N) is 2. The fraction of sp³-hybridized carbons (Fsp3) is 0.0588. The molecule has 0 unspecified atom stereocenters. The van der Waals surface area contributed by atoms with Crippen molar-refractivity contribution in [3.05, 3.63) is 60.9 Å². The molecule has 1 heterocycles. The van der Waals surface area contributed by atoms with Gasteiger partial charge in [-0.05, 0) is 43.4 Å². The van der Waals surface area contributed by atoms with Gasteiger partial charge < -0.3 is 15.2 Å². The smallest absolute Gasteiger partial charge is 0.240 e. The number of aromatic nitrogens is 2. The van der Waals surface area contributed by atoms with Gasteiger partial charge in [-0.2, -0.15) is 0 Å². The molecule has 3 N–H and O–H groups in total. The van der Waals surface area contributed by atoms with Gasteiger partial charge in [0, 0.05) is 11.8 Å². The van der Waals surface area contributed by atoms with Crippen LogP contribution in [0.25, 0.3) is 0 Å². The Kier molecular flexibility index (Phi) is 5.01. The minimum atomic E-state index is -3.48. The summed E-state index contributed by atoms with van der Waals surface area (Å²) in [6.45, 7) is 0. The van der Waals surface area contributed by atoms with Gasteiger partial charge >= 0.3 is 0 Å². The normalized spacial score (nSPS) is 11.1. The molecule has 0 saturated heterocycles. The summed E-state index contributed by atoms with van der Waals surface area (Å²) in [5.74, 6) is 1.34. The molecule has 0 radical (unpaired) electrons. The third kappa shape index (κ3) is 4.26. The fourth-order valence-electron chi connectivity index (χ4n) is 2.09. The first-order valence-corrected chi connectivity index (χ1v) is 9.04. The standard InChI is InChI=1S/C17H16N4O4S/c1-18-26(23,24)16-7-5-14(6-8-16)25-15-10-19-17(20-11-15)21-12-3-2-4-13(22)9-12/h2-11,18,22H,1H3,(H,19,20,21). The zero-order chi connectivity index (χ0) is 18.6. The lowest BCUT2D eigenvalue weighted by atomic mass is 10.3. The minimum Gasteiger partial charge on any atom is -0.508 e. The monoisotopic (exact) mass is 372 g/mol. The van der Waals surface area contributed by atoms with Crippen molar-refractivity contribution in [2.45, 2.75) is 4.90 Å². The van der Waals surface area contributed by atoms with Gasteiger partial charge in [0.05, 0.1) is 17.3 Å². The molecule has 0 aliphatic carbocycles. The Labute approximate surface area is 150 Å². The molecule has 26 heavy (non-hydrogen) atoms.